The highest BCUT2D eigenvalue weighted by Gasteiger charge is 2.01. The fourth-order valence-electron chi connectivity index (χ4n) is 0.636. The summed E-state index contributed by atoms with van der Waals surface area (Å²) >= 11 is 0. The van der Waals surface area contributed by atoms with E-state index in [9.17, 15) is 28.7 Å². The van der Waals surface area contributed by atoms with E-state index >= 15 is 0 Å². The van der Waals surface area contributed by atoms with E-state index in [1.165, 1.54) is 0 Å². The zero-order chi connectivity index (χ0) is 9.99. The fourth-order valence-corrected chi connectivity index (χ4v) is 2.18. The summed E-state index contributed by atoms with van der Waals surface area (Å²) < 4.78 is 20.1. The minimum atomic E-state index is -4.78. The molecule has 0 unspecified atom stereocenters. The highest BCUT2D eigenvalue weighted by molar-refractivity contribution is 7.49. The van der Waals surface area contributed by atoms with E-state index in [0.717, 1.165) is 7.05 Å². The average Bonchev–Trinajstić information content (AvgIpc) is 1.49. The average molecular weight is 215 g/mol. The lowest BCUT2D eigenvalue weighted by Gasteiger charge is -2.39. The Balaban J connectivity index is 4.00. The van der Waals surface area contributed by atoms with Gasteiger partial charge in [-0.1, -0.05) is 15.2 Å². The first kappa shape index (κ1) is 12.3. The van der Waals surface area contributed by atoms with Crippen molar-refractivity contribution in [1.29, 1.82) is 0 Å². The van der Waals surface area contributed by atoms with E-state index in [-0.39, 0.29) is 0 Å². The Bertz CT molecular complexity index is 205. The maximum absolute atomic E-state index is 10.1. The predicted molar refractivity (Wildman–Crippen MR) is 32.7 cm³/mol. The molecule has 0 radical (unpaired) electrons. The molecule has 0 saturated heterocycles. The SMILES string of the molecule is CN(CP(=O)([O-])[O-])CP(=O)([O-])[O-]. The van der Waals surface area contributed by atoms with Gasteiger partial charge < -0.3 is 28.7 Å². The van der Waals surface area contributed by atoms with Gasteiger partial charge in [0.15, 0.2) is 0 Å². The summed E-state index contributed by atoms with van der Waals surface area (Å²) in [5, 5.41) is 0. The third-order valence-electron chi connectivity index (χ3n) is 0.829. The van der Waals surface area contributed by atoms with Crippen molar-refractivity contribution in [1.82, 2.24) is 4.90 Å². The third-order valence-corrected chi connectivity index (χ3v) is 2.49. The van der Waals surface area contributed by atoms with Gasteiger partial charge in [-0.25, -0.2) is 0 Å². The van der Waals surface area contributed by atoms with E-state index in [1.54, 1.807) is 0 Å². The standard InChI is InChI=1S/C3H11NO6P2/c1-4(2-11(5,6)7)3-12(8,9)10/h2-3H2,1H3,(H2,5,6,7)(H2,8,9,10)/p-4. The lowest BCUT2D eigenvalue weighted by atomic mass is 11.0. The summed E-state index contributed by atoms with van der Waals surface area (Å²) in [5.41, 5.74) is 0. The molecule has 0 aliphatic rings. The van der Waals surface area contributed by atoms with Crippen molar-refractivity contribution in [2.24, 2.45) is 0 Å². The Kier molecular flexibility index (Phi) is 4.07. The summed E-state index contributed by atoms with van der Waals surface area (Å²) in [6.45, 7) is 0. The molecule has 12 heavy (non-hydrogen) atoms. The highest BCUT2D eigenvalue weighted by Crippen LogP contribution is 2.29. The maximum Gasteiger partial charge on any atom is 0.0261 e. The van der Waals surface area contributed by atoms with Gasteiger partial charge in [-0.2, -0.15) is 0 Å². The van der Waals surface area contributed by atoms with Crippen molar-refractivity contribution < 1.29 is 28.7 Å². The molecule has 0 saturated carbocycles. The molecule has 74 valence electrons. The Hall–Kier alpha value is 0.260. The molecule has 0 aromatic heterocycles. The molecule has 0 bridgehead atoms. The van der Waals surface area contributed by atoms with Crippen LogP contribution in [0.1, 0.15) is 0 Å². The van der Waals surface area contributed by atoms with Crippen LogP contribution in [-0.2, 0) is 9.13 Å². The molecule has 7 nitrogen and oxygen atoms in total. The zero-order valence-electron chi connectivity index (χ0n) is 6.21. The topological polar surface area (TPSA) is 130 Å². The fraction of sp³-hybridized carbons (Fsp3) is 1.00. The molecule has 0 fully saturated rings. The largest absolute Gasteiger partial charge is 0.810 e. The minimum Gasteiger partial charge on any atom is -0.810 e. The Labute approximate surface area is 69.3 Å². The van der Waals surface area contributed by atoms with E-state index in [1.807, 2.05) is 0 Å². The number of hydrogen-bond donors (Lipinski definition) is 0. The summed E-state index contributed by atoms with van der Waals surface area (Å²) in [7, 11) is -8.50. The number of hydrogen-bond acceptors (Lipinski definition) is 7. The molecule has 0 aromatic carbocycles. The van der Waals surface area contributed by atoms with E-state index in [2.05, 4.69) is 0 Å². The summed E-state index contributed by atoms with van der Waals surface area (Å²) in [4.78, 5) is 40.9. The van der Waals surface area contributed by atoms with Gasteiger partial charge in [-0.15, -0.1) is 0 Å². The van der Waals surface area contributed by atoms with Gasteiger partial charge in [0, 0.05) is 12.6 Å². The maximum atomic E-state index is 10.1. The van der Waals surface area contributed by atoms with Gasteiger partial charge in [0.05, 0.1) is 0 Å². The van der Waals surface area contributed by atoms with Crippen LogP contribution < -0.4 is 19.6 Å². The second-order valence-corrected chi connectivity index (χ2v) is 5.37. The van der Waals surface area contributed by atoms with Crippen LogP contribution >= 0.6 is 15.2 Å². The van der Waals surface area contributed by atoms with Crippen molar-refractivity contribution in [2.45, 2.75) is 0 Å². The van der Waals surface area contributed by atoms with Crippen LogP contribution in [0.3, 0.4) is 0 Å². The van der Waals surface area contributed by atoms with E-state index in [0.29, 0.717) is 4.90 Å². The molecule has 0 rings (SSSR count). The quantitative estimate of drug-likeness (QED) is 0.448. The van der Waals surface area contributed by atoms with Gasteiger partial charge >= 0.3 is 0 Å². The summed E-state index contributed by atoms with van der Waals surface area (Å²) in [6, 6.07) is 0. The second-order valence-electron chi connectivity index (χ2n) is 2.36. The van der Waals surface area contributed by atoms with Crippen molar-refractivity contribution in [2.75, 3.05) is 19.6 Å². The third kappa shape index (κ3) is 8.36. The molecule has 0 N–H and O–H groups in total. The van der Waals surface area contributed by atoms with Crippen molar-refractivity contribution in [3.8, 4) is 0 Å². The first-order valence-electron chi connectivity index (χ1n) is 2.81. The highest BCUT2D eigenvalue weighted by atomic mass is 31.2. The molecule has 0 spiro atoms. The molecule has 9 heteroatoms. The number of nitrogens with zero attached hydrogens (tertiary/aromatic N) is 1. The molecule has 0 aliphatic carbocycles. The first-order chi connectivity index (χ1) is 5.10. The molecule has 0 atom stereocenters. The molecule has 0 aromatic rings. The summed E-state index contributed by atoms with van der Waals surface area (Å²) in [6.07, 6.45) is -1.91. The summed E-state index contributed by atoms with van der Waals surface area (Å²) in [5.74, 6) is 0. The Morgan fingerprint density at radius 1 is 1.00 bits per heavy atom. The van der Waals surface area contributed by atoms with Gasteiger partial charge in [0.2, 0.25) is 0 Å². The van der Waals surface area contributed by atoms with Gasteiger partial charge in [0.1, 0.15) is 0 Å². The zero-order valence-corrected chi connectivity index (χ0v) is 7.99. The van der Waals surface area contributed by atoms with Gasteiger partial charge in [-0.3, -0.25) is 4.90 Å². The normalized spacial score (nSPS) is 13.8. The molecular formula is C3H7NO6P2-4. The van der Waals surface area contributed by atoms with Crippen LogP contribution in [0.5, 0.6) is 0 Å². The predicted octanol–water partition coefficient (Wildman–Crippen LogP) is -3.34. The van der Waals surface area contributed by atoms with E-state index in [4.69, 9.17) is 0 Å². The van der Waals surface area contributed by atoms with Crippen molar-refractivity contribution in [3.63, 3.8) is 0 Å². The number of rotatable bonds is 4. The smallest absolute Gasteiger partial charge is 0.0261 e. The van der Waals surface area contributed by atoms with Crippen LogP contribution in [0.25, 0.3) is 0 Å². The lowest BCUT2D eigenvalue weighted by Crippen LogP contribution is -2.33. The molecule has 0 amide bonds. The molecule has 0 aliphatic heterocycles. The van der Waals surface area contributed by atoms with Crippen molar-refractivity contribution in [3.05, 3.63) is 0 Å². The van der Waals surface area contributed by atoms with Crippen LogP contribution in [-0.4, -0.2) is 24.5 Å². The van der Waals surface area contributed by atoms with E-state index < -0.39 is 27.8 Å². The Morgan fingerprint density at radius 2 is 1.25 bits per heavy atom. The van der Waals surface area contributed by atoms with Crippen LogP contribution in [0, 0.1) is 0 Å². The first-order valence-corrected chi connectivity index (χ1v) is 6.26. The van der Waals surface area contributed by atoms with Gasteiger partial charge in [-0.05, 0) is 7.05 Å². The van der Waals surface area contributed by atoms with Crippen LogP contribution in [0.15, 0.2) is 0 Å². The van der Waals surface area contributed by atoms with Crippen molar-refractivity contribution >= 4 is 15.2 Å². The molecule has 0 heterocycles. The Morgan fingerprint density at radius 3 is 1.42 bits per heavy atom. The van der Waals surface area contributed by atoms with Crippen LogP contribution in [0.4, 0.5) is 0 Å². The molecular weight excluding hydrogens is 208 g/mol. The minimum absolute atomic E-state index is 0.640. The second kappa shape index (κ2) is 3.98. The van der Waals surface area contributed by atoms with Gasteiger partial charge in [0.25, 0.3) is 0 Å². The lowest BCUT2D eigenvalue weighted by molar-refractivity contribution is -0.317. The van der Waals surface area contributed by atoms with Crippen LogP contribution in [0.2, 0.25) is 0 Å². The monoisotopic (exact) mass is 215 g/mol.